The molecular formula is C27H27N3O2. The Morgan fingerprint density at radius 2 is 1.50 bits per heavy atom. The lowest BCUT2D eigenvalue weighted by atomic mass is 9.95. The topological polar surface area (TPSA) is 48.2 Å². The zero-order valence-electron chi connectivity index (χ0n) is 18.6. The Labute approximate surface area is 187 Å². The van der Waals surface area contributed by atoms with Crippen molar-refractivity contribution in [2.24, 2.45) is 0 Å². The van der Waals surface area contributed by atoms with Crippen molar-refractivity contribution in [1.29, 1.82) is 0 Å². The van der Waals surface area contributed by atoms with Crippen LogP contribution in [0, 0.1) is 0 Å². The smallest absolute Gasteiger partial charge is 0.252 e. The largest absolute Gasteiger partial charge is 0.348 e. The quantitative estimate of drug-likeness (QED) is 0.525. The molecule has 1 N–H and O–H groups in total. The summed E-state index contributed by atoms with van der Waals surface area (Å²) in [5.74, 6) is -0.00659. The fourth-order valence-electron chi connectivity index (χ4n) is 6.09. The van der Waals surface area contributed by atoms with Gasteiger partial charge < -0.3 is 19.2 Å². The molecule has 2 unspecified atom stereocenters. The van der Waals surface area contributed by atoms with Crippen molar-refractivity contribution in [2.75, 3.05) is 0 Å². The van der Waals surface area contributed by atoms with Crippen LogP contribution in [0.2, 0.25) is 0 Å². The first-order chi connectivity index (χ1) is 15.7. The molecule has 3 aromatic rings. The molecule has 0 saturated carbocycles. The Morgan fingerprint density at radius 3 is 2.06 bits per heavy atom. The molecule has 1 amide bonds. The Kier molecular flexibility index (Phi) is 4.14. The van der Waals surface area contributed by atoms with Gasteiger partial charge in [0.2, 0.25) is 0 Å². The van der Waals surface area contributed by atoms with Gasteiger partial charge in [0.15, 0.2) is 0 Å². The average Bonchev–Trinajstić information content (AvgIpc) is 3.42. The number of benzene rings is 1. The van der Waals surface area contributed by atoms with E-state index in [1.54, 1.807) is 0 Å². The number of hydrogen-bond acceptors (Lipinski definition) is 2. The Balaban J connectivity index is 1.99. The summed E-state index contributed by atoms with van der Waals surface area (Å²) in [6.45, 7) is 12.9. The Hall–Kier alpha value is -3.31. The van der Waals surface area contributed by atoms with Crippen molar-refractivity contribution in [2.45, 2.75) is 52.1 Å². The number of amides is 1. The van der Waals surface area contributed by atoms with E-state index in [1.165, 1.54) is 0 Å². The van der Waals surface area contributed by atoms with E-state index in [4.69, 9.17) is 4.74 Å². The van der Waals surface area contributed by atoms with E-state index in [-0.39, 0.29) is 18.4 Å². The maximum Gasteiger partial charge on any atom is 0.252 e. The molecule has 1 aromatic carbocycles. The van der Waals surface area contributed by atoms with Crippen LogP contribution in [0.15, 0.2) is 25.3 Å². The summed E-state index contributed by atoms with van der Waals surface area (Å²) in [5.41, 5.74) is 8.31. The van der Waals surface area contributed by atoms with Crippen molar-refractivity contribution in [3.63, 3.8) is 0 Å². The highest BCUT2D eigenvalue weighted by Gasteiger charge is 2.39. The van der Waals surface area contributed by atoms with E-state index in [0.717, 1.165) is 74.7 Å². The summed E-state index contributed by atoms with van der Waals surface area (Å²) in [6, 6.07) is 0. The first kappa shape index (κ1) is 19.4. The SMILES string of the molecule is C=Cc1c(/C=C\C)c2c3c(c4c(/C=C\C)c(C=C)n5c4c2n1C1CCCC5O1)C(=O)NC3. The van der Waals surface area contributed by atoms with Gasteiger partial charge in [-0.25, -0.2) is 0 Å². The van der Waals surface area contributed by atoms with Gasteiger partial charge in [0.25, 0.3) is 5.91 Å². The summed E-state index contributed by atoms with van der Waals surface area (Å²) in [4.78, 5) is 13.2. The molecule has 5 nitrogen and oxygen atoms in total. The molecule has 1 saturated heterocycles. The number of allylic oxidation sites excluding steroid dienone is 2. The number of rotatable bonds is 4. The number of nitrogens with zero attached hydrogens (tertiary/aromatic N) is 2. The lowest BCUT2D eigenvalue weighted by molar-refractivity contribution is -0.118. The highest BCUT2D eigenvalue weighted by Crippen LogP contribution is 2.51. The molecule has 6 rings (SSSR count). The second kappa shape index (κ2) is 6.84. The summed E-state index contributed by atoms with van der Waals surface area (Å²) in [6.07, 6.45) is 15.0. The minimum atomic E-state index is -0.0864. The minimum Gasteiger partial charge on any atom is -0.348 e. The third kappa shape index (κ3) is 2.19. The van der Waals surface area contributed by atoms with Crippen molar-refractivity contribution < 1.29 is 9.53 Å². The average molecular weight is 426 g/mol. The van der Waals surface area contributed by atoms with E-state index in [2.05, 4.69) is 45.8 Å². The van der Waals surface area contributed by atoms with Crippen LogP contribution in [0.4, 0.5) is 0 Å². The van der Waals surface area contributed by atoms with Gasteiger partial charge in [0.05, 0.1) is 28.0 Å². The molecule has 2 bridgehead atoms. The molecule has 162 valence electrons. The van der Waals surface area contributed by atoms with Crippen molar-refractivity contribution in [3.8, 4) is 0 Å². The van der Waals surface area contributed by atoms with Gasteiger partial charge >= 0.3 is 0 Å². The van der Waals surface area contributed by atoms with Crippen LogP contribution in [0.3, 0.4) is 0 Å². The Bertz CT molecular complexity index is 1410. The van der Waals surface area contributed by atoms with Gasteiger partial charge in [-0.2, -0.15) is 0 Å². The maximum atomic E-state index is 13.2. The molecule has 32 heavy (non-hydrogen) atoms. The van der Waals surface area contributed by atoms with Crippen LogP contribution >= 0.6 is 0 Å². The van der Waals surface area contributed by atoms with E-state index < -0.39 is 0 Å². The van der Waals surface area contributed by atoms with E-state index in [0.29, 0.717) is 6.54 Å². The maximum absolute atomic E-state index is 13.2. The van der Waals surface area contributed by atoms with Gasteiger partial charge in [0, 0.05) is 28.4 Å². The normalized spacial score (nSPS) is 21.8. The zero-order chi connectivity index (χ0) is 22.1. The first-order valence-electron chi connectivity index (χ1n) is 11.4. The molecule has 3 aliphatic heterocycles. The third-order valence-corrected chi connectivity index (χ3v) is 7.14. The number of ether oxygens (including phenoxy) is 1. The molecule has 2 atom stereocenters. The number of aromatic nitrogens is 2. The van der Waals surface area contributed by atoms with Crippen LogP contribution in [0.25, 0.3) is 46.1 Å². The van der Waals surface area contributed by atoms with Crippen LogP contribution in [0.1, 0.15) is 84.0 Å². The molecule has 5 heteroatoms. The highest BCUT2D eigenvalue weighted by molar-refractivity contribution is 6.23. The lowest BCUT2D eigenvalue weighted by Gasteiger charge is -2.31. The Morgan fingerprint density at radius 1 is 0.938 bits per heavy atom. The second-order valence-electron chi connectivity index (χ2n) is 8.71. The number of nitrogens with one attached hydrogen (secondary N) is 1. The molecular weight excluding hydrogens is 398 g/mol. The lowest BCUT2D eigenvalue weighted by Crippen LogP contribution is -2.23. The number of fused-ring (bicyclic) bond motifs is 7. The molecule has 1 fully saturated rings. The van der Waals surface area contributed by atoms with Crippen molar-refractivity contribution in [1.82, 2.24) is 14.5 Å². The monoisotopic (exact) mass is 425 g/mol. The molecule has 0 radical (unpaired) electrons. The molecule has 3 aliphatic rings. The molecule has 5 heterocycles. The van der Waals surface area contributed by atoms with Gasteiger partial charge in [-0.1, -0.05) is 37.5 Å². The second-order valence-corrected chi connectivity index (χ2v) is 8.71. The number of carbonyl (C=O) groups excluding carboxylic acids is 1. The van der Waals surface area contributed by atoms with Gasteiger partial charge in [-0.3, -0.25) is 4.79 Å². The molecule has 0 aliphatic carbocycles. The minimum absolute atomic E-state index is 0.00659. The summed E-state index contributed by atoms with van der Waals surface area (Å²) < 4.78 is 11.4. The summed E-state index contributed by atoms with van der Waals surface area (Å²) in [7, 11) is 0. The predicted molar refractivity (Wildman–Crippen MR) is 131 cm³/mol. The van der Waals surface area contributed by atoms with E-state index in [9.17, 15) is 4.79 Å². The number of carbonyl (C=O) groups is 1. The predicted octanol–water partition coefficient (Wildman–Crippen LogP) is 6.40. The number of hydrogen-bond donors (Lipinski definition) is 1. The van der Waals surface area contributed by atoms with Crippen molar-refractivity contribution in [3.05, 3.63) is 59.0 Å². The van der Waals surface area contributed by atoms with Crippen LogP contribution in [-0.4, -0.2) is 15.0 Å². The summed E-state index contributed by atoms with van der Waals surface area (Å²) in [5, 5.41) is 5.24. The standard InChI is InChI=1S/C27H27N3O2/c1-5-10-15-18(7-3)29-20-12-9-13-21(32-20)30-19(8-4)16(11-6-2)23-24-17(14-28-27(24)31)22(15)25(29)26(23)30/h5-8,10-11,20-21H,3-4,9,12-14H2,1-2H3,(H,28,31)/b10-5-,11-6-. The van der Waals surface area contributed by atoms with Gasteiger partial charge in [-0.05, 0) is 50.8 Å². The third-order valence-electron chi connectivity index (χ3n) is 7.14. The highest BCUT2D eigenvalue weighted by atomic mass is 16.5. The van der Waals surface area contributed by atoms with Crippen LogP contribution < -0.4 is 5.32 Å². The molecule has 0 spiro atoms. The first-order valence-corrected chi connectivity index (χ1v) is 11.4. The molecule has 2 aromatic heterocycles. The fraction of sp³-hybridized carbons (Fsp3) is 0.296. The van der Waals surface area contributed by atoms with Crippen LogP contribution in [0.5, 0.6) is 0 Å². The summed E-state index contributed by atoms with van der Waals surface area (Å²) >= 11 is 0. The van der Waals surface area contributed by atoms with E-state index in [1.807, 2.05) is 32.1 Å². The van der Waals surface area contributed by atoms with Gasteiger partial charge in [-0.15, -0.1) is 0 Å². The van der Waals surface area contributed by atoms with E-state index >= 15 is 0 Å². The zero-order valence-corrected chi connectivity index (χ0v) is 18.6. The van der Waals surface area contributed by atoms with Gasteiger partial charge in [0.1, 0.15) is 12.5 Å². The van der Waals surface area contributed by atoms with Crippen molar-refractivity contribution >= 4 is 52.0 Å². The fourth-order valence-corrected chi connectivity index (χ4v) is 6.09. The van der Waals surface area contributed by atoms with Crippen LogP contribution in [-0.2, 0) is 11.3 Å².